The molecule has 0 radical (unpaired) electrons. The molecule has 0 aliphatic heterocycles. The lowest BCUT2D eigenvalue weighted by molar-refractivity contribution is 0.817. The molecule has 0 fully saturated rings. The van der Waals surface area contributed by atoms with Crippen LogP contribution in [0.25, 0.3) is 0 Å². The van der Waals surface area contributed by atoms with Crippen molar-refractivity contribution < 1.29 is 0 Å². The molecule has 1 aromatic carbocycles. The molecule has 2 nitrogen and oxygen atoms in total. The van der Waals surface area contributed by atoms with Crippen molar-refractivity contribution in [3.63, 3.8) is 0 Å². The van der Waals surface area contributed by atoms with Crippen LogP contribution in [0.4, 0.5) is 5.69 Å². The van der Waals surface area contributed by atoms with Gasteiger partial charge in [-0.05, 0) is 36.9 Å². The summed E-state index contributed by atoms with van der Waals surface area (Å²) in [6.07, 6.45) is 0. The second-order valence-corrected chi connectivity index (χ2v) is 6.06. The average molecular weight is 281 g/mol. The van der Waals surface area contributed by atoms with Crippen molar-refractivity contribution in [2.45, 2.75) is 13.1 Å². The Morgan fingerprint density at radius 3 is 2.44 bits per heavy atom. The maximum absolute atomic E-state index is 5.94. The van der Waals surface area contributed by atoms with Gasteiger partial charge < -0.3 is 10.2 Å². The SMILES string of the molecule is CNCc1ccc(N(C)Cc2ccc(Cl)s2)cc1. The van der Waals surface area contributed by atoms with Gasteiger partial charge in [-0.1, -0.05) is 23.7 Å². The predicted octanol–water partition coefficient (Wildman–Crippen LogP) is 3.76. The van der Waals surface area contributed by atoms with Crippen LogP contribution < -0.4 is 10.2 Å². The van der Waals surface area contributed by atoms with Gasteiger partial charge in [-0.3, -0.25) is 0 Å². The van der Waals surface area contributed by atoms with E-state index in [4.69, 9.17) is 11.6 Å². The van der Waals surface area contributed by atoms with Gasteiger partial charge >= 0.3 is 0 Å². The monoisotopic (exact) mass is 280 g/mol. The summed E-state index contributed by atoms with van der Waals surface area (Å²) < 4.78 is 0.850. The molecule has 0 bridgehead atoms. The van der Waals surface area contributed by atoms with E-state index in [0.717, 1.165) is 17.4 Å². The highest BCUT2D eigenvalue weighted by atomic mass is 35.5. The van der Waals surface area contributed by atoms with Crippen LogP contribution in [0.15, 0.2) is 36.4 Å². The van der Waals surface area contributed by atoms with Gasteiger partial charge in [-0.2, -0.15) is 0 Å². The van der Waals surface area contributed by atoms with Crippen LogP contribution in [0, 0.1) is 0 Å². The molecule has 0 unspecified atom stereocenters. The van der Waals surface area contributed by atoms with Crippen LogP contribution in [-0.2, 0) is 13.1 Å². The summed E-state index contributed by atoms with van der Waals surface area (Å²) >= 11 is 7.57. The van der Waals surface area contributed by atoms with E-state index in [1.807, 2.05) is 13.1 Å². The van der Waals surface area contributed by atoms with Gasteiger partial charge in [-0.25, -0.2) is 0 Å². The fourth-order valence-electron chi connectivity index (χ4n) is 1.83. The fourth-order valence-corrected chi connectivity index (χ4v) is 2.98. The molecule has 96 valence electrons. The second-order valence-electron chi connectivity index (χ2n) is 4.26. The first-order valence-corrected chi connectivity index (χ1v) is 7.07. The number of thiophene rings is 1. The molecule has 0 amide bonds. The topological polar surface area (TPSA) is 15.3 Å². The molecule has 2 rings (SSSR count). The second kappa shape index (κ2) is 6.23. The lowest BCUT2D eigenvalue weighted by Gasteiger charge is -2.18. The zero-order chi connectivity index (χ0) is 13.0. The molecule has 18 heavy (non-hydrogen) atoms. The van der Waals surface area contributed by atoms with Gasteiger partial charge in [0.05, 0.1) is 10.9 Å². The molecular formula is C14H17ClN2S. The quantitative estimate of drug-likeness (QED) is 0.897. The Bertz CT molecular complexity index is 493. The number of benzene rings is 1. The zero-order valence-corrected chi connectivity index (χ0v) is 12.2. The van der Waals surface area contributed by atoms with Crippen molar-refractivity contribution in [2.24, 2.45) is 0 Å². The predicted molar refractivity (Wildman–Crippen MR) is 80.6 cm³/mol. The Morgan fingerprint density at radius 1 is 1.17 bits per heavy atom. The molecule has 1 N–H and O–H groups in total. The Labute approximate surface area is 117 Å². The van der Waals surface area contributed by atoms with Crippen molar-refractivity contribution in [1.82, 2.24) is 5.32 Å². The Kier molecular flexibility index (Phi) is 4.64. The molecule has 0 aliphatic rings. The molecule has 0 spiro atoms. The Morgan fingerprint density at radius 2 is 1.89 bits per heavy atom. The van der Waals surface area contributed by atoms with Crippen LogP contribution in [0.3, 0.4) is 0 Å². The lowest BCUT2D eigenvalue weighted by atomic mass is 10.2. The molecule has 0 aliphatic carbocycles. The first kappa shape index (κ1) is 13.4. The molecule has 1 aromatic heterocycles. The highest BCUT2D eigenvalue weighted by molar-refractivity contribution is 7.16. The van der Waals surface area contributed by atoms with Gasteiger partial charge in [0.15, 0.2) is 0 Å². The van der Waals surface area contributed by atoms with Crippen LogP contribution in [-0.4, -0.2) is 14.1 Å². The Balaban J connectivity index is 2.02. The molecule has 0 atom stereocenters. The number of hydrogen-bond donors (Lipinski definition) is 1. The standard InChI is InChI=1S/C14H17ClN2S/c1-16-9-11-3-5-12(6-4-11)17(2)10-13-7-8-14(15)18-13/h3-8,16H,9-10H2,1-2H3. The molecule has 2 aromatic rings. The van der Waals surface area contributed by atoms with Crippen molar-refractivity contribution in [3.8, 4) is 0 Å². The van der Waals surface area contributed by atoms with E-state index in [9.17, 15) is 0 Å². The normalized spacial score (nSPS) is 10.6. The minimum absolute atomic E-state index is 0.850. The highest BCUT2D eigenvalue weighted by Gasteiger charge is 2.04. The molecule has 1 heterocycles. The Hall–Kier alpha value is -1.03. The highest BCUT2D eigenvalue weighted by Crippen LogP contribution is 2.24. The van der Waals surface area contributed by atoms with Gasteiger partial charge in [0.1, 0.15) is 0 Å². The number of nitrogens with zero attached hydrogens (tertiary/aromatic N) is 1. The van der Waals surface area contributed by atoms with Crippen molar-refractivity contribution in [2.75, 3.05) is 19.0 Å². The lowest BCUT2D eigenvalue weighted by Crippen LogP contribution is -2.15. The summed E-state index contributed by atoms with van der Waals surface area (Å²) in [5.74, 6) is 0. The summed E-state index contributed by atoms with van der Waals surface area (Å²) in [4.78, 5) is 3.51. The average Bonchev–Trinajstić information content (AvgIpc) is 2.76. The van der Waals surface area contributed by atoms with E-state index < -0.39 is 0 Å². The van der Waals surface area contributed by atoms with E-state index in [1.54, 1.807) is 11.3 Å². The maximum atomic E-state index is 5.94. The third-order valence-electron chi connectivity index (χ3n) is 2.78. The van der Waals surface area contributed by atoms with Gasteiger partial charge in [0.2, 0.25) is 0 Å². The van der Waals surface area contributed by atoms with Crippen molar-refractivity contribution in [3.05, 3.63) is 51.2 Å². The molecule has 4 heteroatoms. The minimum atomic E-state index is 0.850. The van der Waals surface area contributed by atoms with E-state index in [2.05, 4.69) is 47.6 Å². The van der Waals surface area contributed by atoms with Gasteiger partial charge in [-0.15, -0.1) is 11.3 Å². The van der Waals surface area contributed by atoms with Gasteiger partial charge in [0, 0.05) is 24.2 Å². The van der Waals surface area contributed by atoms with E-state index in [0.29, 0.717) is 0 Å². The summed E-state index contributed by atoms with van der Waals surface area (Å²) in [5.41, 5.74) is 2.52. The van der Waals surface area contributed by atoms with Crippen LogP contribution in [0.2, 0.25) is 4.34 Å². The van der Waals surface area contributed by atoms with Crippen LogP contribution in [0.5, 0.6) is 0 Å². The van der Waals surface area contributed by atoms with Crippen LogP contribution >= 0.6 is 22.9 Å². The van der Waals surface area contributed by atoms with Crippen molar-refractivity contribution in [1.29, 1.82) is 0 Å². The largest absolute Gasteiger partial charge is 0.369 e. The fraction of sp³-hybridized carbons (Fsp3) is 0.286. The summed E-state index contributed by atoms with van der Waals surface area (Å²) in [5, 5.41) is 3.15. The third kappa shape index (κ3) is 3.48. The summed E-state index contributed by atoms with van der Waals surface area (Å²) in [6.45, 7) is 1.80. The molecule has 0 saturated heterocycles. The number of halogens is 1. The smallest absolute Gasteiger partial charge is 0.0931 e. The van der Waals surface area contributed by atoms with Crippen molar-refractivity contribution >= 4 is 28.6 Å². The maximum Gasteiger partial charge on any atom is 0.0931 e. The summed E-state index contributed by atoms with van der Waals surface area (Å²) in [7, 11) is 4.06. The number of anilines is 1. The van der Waals surface area contributed by atoms with E-state index in [-0.39, 0.29) is 0 Å². The van der Waals surface area contributed by atoms with Gasteiger partial charge in [0.25, 0.3) is 0 Å². The first-order chi connectivity index (χ1) is 8.69. The number of hydrogen-bond acceptors (Lipinski definition) is 3. The van der Waals surface area contributed by atoms with E-state index in [1.165, 1.54) is 16.1 Å². The summed E-state index contributed by atoms with van der Waals surface area (Å²) in [6, 6.07) is 12.7. The minimum Gasteiger partial charge on any atom is -0.369 e. The zero-order valence-electron chi connectivity index (χ0n) is 10.6. The molecular weight excluding hydrogens is 264 g/mol. The number of rotatable bonds is 5. The number of nitrogens with one attached hydrogen (secondary N) is 1. The van der Waals surface area contributed by atoms with Crippen LogP contribution in [0.1, 0.15) is 10.4 Å². The molecule has 0 saturated carbocycles. The van der Waals surface area contributed by atoms with E-state index >= 15 is 0 Å². The third-order valence-corrected chi connectivity index (χ3v) is 4.00. The first-order valence-electron chi connectivity index (χ1n) is 5.88.